The van der Waals surface area contributed by atoms with E-state index in [1.165, 1.54) is 32.0 Å². The number of aromatic nitrogens is 4. The molecule has 0 bridgehead atoms. The van der Waals surface area contributed by atoms with Gasteiger partial charge in [0.05, 0.1) is 17.0 Å². The lowest BCUT2D eigenvalue weighted by molar-refractivity contribution is 1.13. The molecule has 8 aromatic rings. The standard InChI is InChI=1S/C46H30N4S/c1-3-14-33(15-4-1)41-28-42(50-46(49-41)36-29-47-45(48-30-36)34-16-5-2-6-17-34)35-26-25-32-24-23-31-13-7-8-18-37(31)38-19-9-11-21-43(38)51-44-22-12-10-20-39(44)40(32)27-35/h1-30H/b24-23-. The van der Waals surface area contributed by atoms with Crippen LogP contribution in [0.5, 0.6) is 0 Å². The Morgan fingerprint density at radius 1 is 0.353 bits per heavy atom. The summed E-state index contributed by atoms with van der Waals surface area (Å²) < 4.78 is 0. The second-order valence-electron chi connectivity index (χ2n) is 12.3. The minimum absolute atomic E-state index is 0.576. The van der Waals surface area contributed by atoms with Gasteiger partial charge in [-0.15, -0.1) is 0 Å². The van der Waals surface area contributed by atoms with E-state index in [4.69, 9.17) is 9.97 Å². The van der Waals surface area contributed by atoms with Crippen LogP contribution in [0.15, 0.2) is 180 Å². The zero-order valence-corrected chi connectivity index (χ0v) is 28.3. The Morgan fingerprint density at radius 2 is 0.882 bits per heavy atom. The van der Waals surface area contributed by atoms with Gasteiger partial charge in [0, 0.05) is 38.9 Å². The number of hydrogen-bond acceptors (Lipinski definition) is 5. The summed E-state index contributed by atoms with van der Waals surface area (Å²) in [5.41, 5.74) is 12.5. The molecule has 0 aliphatic carbocycles. The average Bonchev–Trinajstić information content (AvgIpc) is 3.23. The van der Waals surface area contributed by atoms with E-state index in [-0.39, 0.29) is 0 Å². The van der Waals surface area contributed by atoms with E-state index in [1.807, 2.05) is 72.7 Å². The van der Waals surface area contributed by atoms with E-state index in [9.17, 15) is 0 Å². The zero-order chi connectivity index (χ0) is 34.0. The minimum Gasteiger partial charge on any atom is -0.236 e. The van der Waals surface area contributed by atoms with Gasteiger partial charge in [0.15, 0.2) is 11.6 Å². The van der Waals surface area contributed by atoms with Gasteiger partial charge in [-0.1, -0.05) is 157 Å². The average molecular weight is 671 g/mol. The molecule has 6 aromatic carbocycles. The Bertz CT molecular complexity index is 2550. The van der Waals surface area contributed by atoms with Gasteiger partial charge in [-0.25, -0.2) is 19.9 Å². The van der Waals surface area contributed by atoms with Crippen LogP contribution in [0.1, 0.15) is 11.1 Å². The van der Waals surface area contributed by atoms with Gasteiger partial charge in [-0.3, -0.25) is 0 Å². The Morgan fingerprint density at radius 3 is 1.57 bits per heavy atom. The molecule has 0 amide bonds. The first-order valence-corrected chi connectivity index (χ1v) is 17.7. The topological polar surface area (TPSA) is 51.6 Å². The van der Waals surface area contributed by atoms with Crippen molar-refractivity contribution in [2.24, 2.45) is 0 Å². The third kappa shape index (κ3) is 6.16. The molecule has 0 saturated heterocycles. The van der Waals surface area contributed by atoms with Gasteiger partial charge >= 0.3 is 0 Å². The highest BCUT2D eigenvalue weighted by molar-refractivity contribution is 7.99. The van der Waals surface area contributed by atoms with E-state index >= 15 is 0 Å². The number of nitrogens with zero attached hydrogens (tertiary/aromatic N) is 4. The fraction of sp³-hybridized carbons (Fsp3) is 0. The van der Waals surface area contributed by atoms with Crippen LogP contribution in [0.2, 0.25) is 0 Å². The first-order chi connectivity index (χ1) is 25.3. The molecule has 1 aliphatic heterocycles. The molecule has 3 heterocycles. The molecular formula is C46H30N4S. The predicted octanol–water partition coefficient (Wildman–Crippen LogP) is 11.9. The van der Waals surface area contributed by atoms with Crippen LogP contribution in [-0.4, -0.2) is 19.9 Å². The molecule has 5 heteroatoms. The summed E-state index contributed by atoms with van der Waals surface area (Å²) in [5, 5.41) is 0. The van der Waals surface area contributed by atoms with E-state index in [1.54, 1.807) is 0 Å². The molecule has 2 aromatic heterocycles. The van der Waals surface area contributed by atoms with Crippen molar-refractivity contribution in [1.29, 1.82) is 0 Å². The zero-order valence-electron chi connectivity index (χ0n) is 27.5. The lowest BCUT2D eigenvalue weighted by Gasteiger charge is -2.15. The third-order valence-electron chi connectivity index (χ3n) is 9.06. The van der Waals surface area contributed by atoms with E-state index in [2.05, 4.69) is 131 Å². The van der Waals surface area contributed by atoms with Crippen molar-refractivity contribution in [3.05, 3.63) is 181 Å². The van der Waals surface area contributed by atoms with Gasteiger partial charge in [-0.2, -0.15) is 0 Å². The minimum atomic E-state index is 0.576. The van der Waals surface area contributed by atoms with Crippen molar-refractivity contribution in [2.45, 2.75) is 9.79 Å². The quantitative estimate of drug-likeness (QED) is 0.186. The first-order valence-electron chi connectivity index (χ1n) is 16.9. The van der Waals surface area contributed by atoms with Gasteiger partial charge in [0.25, 0.3) is 0 Å². The van der Waals surface area contributed by atoms with Gasteiger partial charge < -0.3 is 0 Å². The number of fused-ring (bicyclic) bond motifs is 6. The molecule has 9 rings (SSSR count). The molecule has 0 fully saturated rings. The Balaban J connectivity index is 1.21. The van der Waals surface area contributed by atoms with Crippen LogP contribution in [0.4, 0.5) is 0 Å². The summed E-state index contributed by atoms with van der Waals surface area (Å²) in [6.07, 6.45) is 8.10. The van der Waals surface area contributed by atoms with E-state index in [0.29, 0.717) is 11.6 Å². The van der Waals surface area contributed by atoms with Gasteiger partial charge in [-0.05, 0) is 57.6 Å². The van der Waals surface area contributed by atoms with Crippen molar-refractivity contribution in [3.63, 3.8) is 0 Å². The lowest BCUT2D eigenvalue weighted by atomic mass is 9.94. The Hall–Kier alpha value is -6.43. The largest absolute Gasteiger partial charge is 0.236 e. The highest BCUT2D eigenvalue weighted by Gasteiger charge is 2.18. The molecule has 0 N–H and O–H groups in total. The third-order valence-corrected chi connectivity index (χ3v) is 10.2. The smallest absolute Gasteiger partial charge is 0.163 e. The molecule has 240 valence electrons. The van der Waals surface area contributed by atoms with Crippen LogP contribution < -0.4 is 0 Å². The second kappa shape index (κ2) is 13.5. The van der Waals surface area contributed by atoms with Crippen molar-refractivity contribution in [1.82, 2.24) is 19.9 Å². The molecule has 0 radical (unpaired) electrons. The fourth-order valence-corrected chi connectivity index (χ4v) is 7.60. The molecule has 0 spiro atoms. The second-order valence-corrected chi connectivity index (χ2v) is 13.4. The van der Waals surface area contributed by atoms with Crippen LogP contribution in [0, 0.1) is 0 Å². The van der Waals surface area contributed by atoms with Crippen molar-refractivity contribution in [2.75, 3.05) is 0 Å². The lowest BCUT2D eigenvalue weighted by Crippen LogP contribution is -1.98. The van der Waals surface area contributed by atoms with Crippen LogP contribution in [-0.2, 0) is 0 Å². The predicted molar refractivity (Wildman–Crippen MR) is 210 cm³/mol. The number of rotatable bonds is 4. The monoisotopic (exact) mass is 670 g/mol. The summed E-state index contributed by atoms with van der Waals surface area (Å²) in [5.74, 6) is 1.24. The van der Waals surface area contributed by atoms with Gasteiger partial charge in [0.2, 0.25) is 0 Å². The summed E-state index contributed by atoms with van der Waals surface area (Å²) in [6.45, 7) is 0. The van der Waals surface area contributed by atoms with Crippen LogP contribution in [0.25, 0.3) is 79.7 Å². The maximum Gasteiger partial charge on any atom is 0.163 e. The SMILES string of the molecule is C1=C\c2ccc(-c3cc(-c4ccccc4)nc(-c4cnc(-c5ccccc5)nc4)n3)cc2-c2ccccc2Sc2ccccc2-c2ccccc2/1. The van der Waals surface area contributed by atoms with E-state index < -0.39 is 0 Å². The summed E-state index contributed by atoms with van der Waals surface area (Å²) in [7, 11) is 0. The number of hydrogen-bond donors (Lipinski definition) is 0. The molecule has 4 nitrogen and oxygen atoms in total. The summed E-state index contributed by atoms with van der Waals surface area (Å²) >= 11 is 1.81. The first kappa shape index (κ1) is 30.6. The molecule has 0 atom stereocenters. The normalized spacial score (nSPS) is 12.4. The molecular weight excluding hydrogens is 641 g/mol. The molecule has 0 unspecified atom stereocenters. The fourth-order valence-electron chi connectivity index (χ4n) is 6.50. The molecule has 51 heavy (non-hydrogen) atoms. The van der Waals surface area contributed by atoms with Crippen molar-refractivity contribution < 1.29 is 0 Å². The number of benzene rings is 6. The van der Waals surface area contributed by atoms with Crippen LogP contribution in [0.3, 0.4) is 0 Å². The van der Waals surface area contributed by atoms with Gasteiger partial charge in [0.1, 0.15) is 0 Å². The molecule has 0 saturated carbocycles. The maximum absolute atomic E-state index is 5.14. The van der Waals surface area contributed by atoms with Crippen molar-refractivity contribution >= 4 is 23.9 Å². The highest BCUT2D eigenvalue weighted by Crippen LogP contribution is 2.44. The summed E-state index contributed by atoms with van der Waals surface area (Å²) in [4.78, 5) is 22.0. The van der Waals surface area contributed by atoms with Crippen molar-refractivity contribution in [3.8, 4) is 67.5 Å². The Labute approximate surface area is 301 Å². The highest BCUT2D eigenvalue weighted by atomic mass is 32.2. The Kier molecular flexibility index (Phi) is 8.08. The van der Waals surface area contributed by atoms with E-state index in [0.717, 1.165) is 44.8 Å². The molecule has 1 aliphatic rings. The summed E-state index contributed by atoms with van der Waals surface area (Å²) in [6, 6.07) is 54.9. The van der Waals surface area contributed by atoms with Crippen LogP contribution >= 0.6 is 11.8 Å². The maximum atomic E-state index is 5.14.